The van der Waals surface area contributed by atoms with Crippen LogP contribution in [0.15, 0.2) is 11.3 Å². The van der Waals surface area contributed by atoms with E-state index >= 15 is 0 Å². The lowest BCUT2D eigenvalue weighted by Crippen LogP contribution is -2.29. The second-order valence-electron chi connectivity index (χ2n) is 3.54. The van der Waals surface area contributed by atoms with Gasteiger partial charge in [-0.05, 0) is 0 Å². The van der Waals surface area contributed by atoms with Gasteiger partial charge in [0, 0.05) is 19.3 Å². The maximum absolute atomic E-state index is 11.6. The molecule has 6 heteroatoms. The minimum Gasteiger partial charge on any atom is -0.466 e. The van der Waals surface area contributed by atoms with E-state index in [-0.39, 0.29) is 31.0 Å². The van der Waals surface area contributed by atoms with Gasteiger partial charge in [-0.2, -0.15) is 0 Å². The van der Waals surface area contributed by atoms with Crippen molar-refractivity contribution in [3.63, 3.8) is 0 Å². The molecule has 0 aromatic heterocycles. The van der Waals surface area contributed by atoms with Crippen molar-refractivity contribution in [2.75, 3.05) is 20.3 Å². The Kier molecular flexibility index (Phi) is 4.84. The third kappa shape index (κ3) is 3.39. The summed E-state index contributed by atoms with van der Waals surface area (Å²) in [5, 5.41) is 0. The maximum Gasteiger partial charge on any atom is 0.337 e. The molecule has 0 radical (unpaired) electrons. The van der Waals surface area contributed by atoms with Gasteiger partial charge in [-0.1, -0.05) is 0 Å². The van der Waals surface area contributed by atoms with Crippen LogP contribution in [0.25, 0.3) is 0 Å². The third-order valence-corrected chi connectivity index (χ3v) is 2.31. The van der Waals surface area contributed by atoms with Crippen molar-refractivity contribution >= 4 is 18.2 Å². The van der Waals surface area contributed by atoms with Gasteiger partial charge in [-0.15, -0.1) is 0 Å². The first-order valence-electron chi connectivity index (χ1n) is 5.11. The highest BCUT2D eigenvalue weighted by molar-refractivity contribution is 5.90. The zero-order valence-corrected chi connectivity index (χ0v) is 9.73. The molecule has 0 spiro atoms. The molecular formula is C11H14O6. The molecule has 0 saturated heterocycles. The topological polar surface area (TPSA) is 78.9 Å². The minimum absolute atomic E-state index is 0.0272. The average molecular weight is 242 g/mol. The lowest BCUT2D eigenvalue weighted by molar-refractivity contribution is -0.141. The minimum atomic E-state index is -0.601. The van der Waals surface area contributed by atoms with E-state index in [9.17, 15) is 14.4 Å². The molecular weight excluding hydrogens is 228 g/mol. The third-order valence-electron chi connectivity index (χ3n) is 2.31. The first-order valence-corrected chi connectivity index (χ1v) is 5.11. The summed E-state index contributed by atoms with van der Waals surface area (Å²) in [4.78, 5) is 33.0. The van der Waals surface area contributed by atoms with Crippen LogP contribution in [-0.4, -0.2) is 38.5 Å². The standard InChI is InChI=1S/C11H14O6/c1-7(13)17-9-6-16-5-8(3-4-12)10(9)11(14)15-2/h4,8H,3,5-6H2,1-2H3. The second-order valence-corrected chi connectivity index (χ2v) is 3.54. The summed E-state index contributed by atoms with van der Waals surface area (Å²) in [6.07, 6.45) is 0.808. The Morgan fingerprint density at radius 3 is 2.76 bits per heavy atom. The summed E-state index contributed by atoms with van der Waals surface area (Å²) in [6.45, 7) is 1.48. The molecule has 1 unspecified atom stereocenters. The molecule has 0 saturated carbocycles. The van der Waals surface area contributed by atoms with E-state index in [1.165, 1.54) is 14.0 Å². The Morgan fingerprint density at radius 1 is 1.53 bits per heavy atom. The van der Waals surface area contributed by atoms with Crippen LogP contribution in [0.2, 0.25) is 0 Å². The number of rotatable bonds is 4. The molecule has 1 atom stereocenters. The van der Waals surface area contributed by atoms with Gasteiger partial charge in [-0.3, -0.25) is 4.79 Å². The van der Waals surface area contributed by atoms with Gasteiger partial charge < -0.3 is 19.0 Å². The van der Waals surface area contributed by atoms with E-state index in [1.54, 1.807) is 0 Å². The highest BCUT2D eigenvalue weighted by Gasteiger charge is 2.31. The second kappa shape index (κ2) is 6.15. The molecule has 0 aliphatic carbocycles. The van der Waals surface area contributed by atoms with Gasteiger partial charge in [-0.25, -0.2) is 4.79 Å². The van der Waals surface area contributed by atoms with E-state index < -0.39 is 17.9 Å². The van der Waals surface area contributed by atoms with Crippen molar-refractivity contribution in [1.82, 2.24) is 0 Å². The van der Waals surface area contributed by atoms with E-state index in [4.69, 9.17) is 9.47 Å². The van der Waals surface area contributed by atoms with E-state index in [1.807, 2.05) is 0 Å². The summed E-state index contributed by atoms with van der Waals surface area (Å²) < 4.78 is 14.7. The van der Waals surface area contributed by atoms with Gasteiger partial charge in [0.25, 0.3) is 0 Å². The lowest BCUT2D eigenvalue weighted by atomic mass is 9.94. The Balaban J connectivity index is 3.05. The predicted octanol–water partition coefficient (Wildman–Crippen LogP) is 0.212. The zero-order valence-electron chi connectivity index (χ0n) is 9.73. The summed E-state index contributed by atoms with van der Waals surface area (Å²) in [5.74, 6) is -1.45. The van der Waals surface area contributed by atoms with Crippen molar-refractivity contribution < 1.29 is 28.6 Å². The molecule has 1 rings (SSSR count). The summed E-state index contributed by atoms with van der Waals surface area (Å²) in [5.41, 5.74) is 0.209. The van der Waals surface area contributed by atoms with Crippen LogP contribution in [0.5, 0.6) is 0 Å². The van der Waals surface area contributed by atoms with Crippen LogP contribution in [0.1, 0.15) is 13.3 Å². The first kappa shape index (κ1) is 13.4. The molecule has 0 aromatic carbocycles. The molecule has 0 aromatic rings. The highest BCUT2D eigenvalue weighted by Crippen LogP contribution is 2.26. The van der Waals surface area contributed by atoms with Crippen LogP contribution in [0, 0.1) is 5.92 Å². The molecule has 1 aliphatic heterocycles. The van der Waals surface area contributed by atoms with E-state index in [0.29, 0.717) is 6.29 Å². The first-order chi connectivity index (χ1) is 8.10. The highest BCUT2D eigenvalue weighted by atomic mass is 16.6. The molecule has 94 valence electrons. The van der Waals surface area contributed by atoms with Gasteiger partial charge in [0.1, 0.15) is 18.7 Å². The SMILES string of the molecule is COC(=O)C1=C(OC(C)=O)COCC1CC=O. The zero-order chi connectivity index (χ0) is 12.8. The largest absolute Gasteiger partial charge is 0.466 e. The summed E-state index contributed by atoms with van der Waals surface area (Å²) >= 11 is 0. The van der Waals surface area contributed by atoms with E-state index in [2.05, 4.69) is 4.74 Å². The maximum atomic E-state index is 11.6. The molecule has 0 N–H and O–H groups in total. The van der Waals surface area contributed by atoms with Gasteiger partial charge in [0.2, 0.25) is 0 Å². The van der Waals surface area contributed by atoms with Crippen molar-refractivity contribution in [2.24, 2.45) is 5.92 Å². The van der Waals surface area contributed by atoms with Crippen molar-refractivity contribution in [1.29, 1.82) is 0 Å². The number of esters is 2. The summed E-state index contributed by atoms with van der Waals surface area (Å²) in [7, 11) is 1.23. The number of carbonyl (C=O) groups is 3. The molecule has 0 bridgehead atoms. The molecule has 6 nitrogen and oxygen atoms in total. The van der Waals surface area contributed by atoms with Gasteiger partial charge in [0.05, 0.1) is 19.3 Å². The quantitative estimate of drug-likeness (QED) is 0.518. The fraction of sp³-hybridized carbons (Fsp3) is 0.545. The molecule has 0 fully saturated rings. The molecule has 1 aliphatic rings. The Morgan fingerprint density at radius 2 is 2.24 bits per heavy atom. The van der Waals surface area contributed by atoms with E-state index in [0.717, 1.165) is 0 Å². The number of methoxy groups -OCH3 is 1. The average Bonchev–Trinajstić information content (AvgIpc) is 2.28. The van der Waals surface area contributed by atoms with Crippen LogP contribution in [0.3, 0.4) is 0 Å². The normalized spacial score (nSPS) is 19.8. The molecule has 17 heavy (non-hydrogen) atoms. The number of aldehydes is 1. The number of hydrogen-bond donors (Lipinski definition) is 0. The fourth-order valence-electron chi connectivity index (χ4n) is 1.63. The van der Waals surface area contributed by atoms with Crippen LogP contribution in [-0.2, 0) is 28.6 Å². The van der Waals surface area contributed by atoms with Gasteiger partial charge >= 0.3 is 11.9 Å². The van der Waals surface area contributed by atoms with Crippen LogP contribution >= 0.6 is 0 Å². The van der Waals surface area contributed by atoms with Crippen LogP contribution in [0.4, 0.5) is 0 Å². The number of ether oxygens (including phenoxy) is 3. The summed E-state index contributed by atoms with van der Waals surface area (Å²) in [6, 6.07) is 0. The lowest BCUT2D eigenvalue weighted by Gasteiger charge is -2.24. The Bertz CT molecular complexity index is 357. The van der Waals surface area contributed by atoms with Crippen molar-refractivity contribution in [3.8, 4) is 0 Å². The molecule has 0 amide bonds. The fourth-order valence-corrected chi connectivity index (χ4v) is 1.63. The smallest absolute Gasteiger partial charge is 0.337 e. The predicted molar refractivity (Wildman–Crippen MR) is 55.8 cm³/mol. The van der Waals surface area contributed by atoms with Crippen molar-refractivity contribution in [3.05, 3.63) is 11.3 Å². The van der Waals surface area contributed by atoms with Crippen molar-refractivity contribution in [2.45, 2.75) is 13.3 Å². The number of hydrogen-bond acceptors (Lipinski definition) is 6. The monoisotopic (exact) mass is 242 g/mol. The van der Waals surface area contributed by atoms with Gasteiger partial charge in [0.15, 0.2) is 0 Å². The Hall–Kier alpha value is -1.69. The Labute approximate surface area is 98.5 Å². The number of carbonyl (C=O) groups excluding carboxylic acids is 3. The molecule has 1 heterocycles. The van der Waals surface area contributed by atoms with Crippen LogP contribution < -0.4 is 0 Å².